The van der Waals surface area contributed by atoms with Crippen molar-refractivity contribution in [2.45, 2.75) is 44.8 Å². The fourth-order valence-electron chi connectivity index (χ4n) is 3.14. The Bertz CT molecular complexity index is 424. The maximum atomic E-state index is 5.91. The molecular weight excluding hydrogens is 240 g/mol. The van der Waals surface area contributed by atoms with Gasteiger partial charge in [0.25, 0.3) is 0 Å². The van der Waals surface area contributed by atoms with Gasteiger partial charge in [-0.3, -0.25) is 4.98 Å². The summed E-state index contributed by atoms with van der Waals surface area (Å²) < 4.78 is 5.91. The summed E-state index contributed by atoms with van der Waals surface area (Å²) in [6.45, 7) is 4.66. The van der Waals surface area contributed by atoms with E-state index in [4.69, 9.17) is 4.74 Å². The Kier molecular flexibility index (Phi) is 3.82. The van der Waals surface area contributed by atoms with E-state index in [9.17, 15) is 0 Å². The molecule has 2 aliphatic rings. The normalized spacial score (nSPS) is 26.9. The van der Waals surface area contributed by atoms with Gasteiger partial charge >= 0.3 is 0 Å². The van der Waals surface area contributed by atoms with Gasteiger partial charge in [-0.05, 0) is 19.8 Å². The summed E-state index contributed by atoms with van der Waals surface area (Å²) in [4.78, 5) is 11.4. The first-order valence-corrected chi connectivity index (χ1v) is 7.32. The van der Waals surface area contributed by atoms with Gasteiger partial charge < -0.3 is 15.0 Å². The van der Waals surface area contributed by atoms with Gasteiger partial charge in [0, 0.05) is 13.1 Å². The number of hydrogen-bond donors (Lipinski definition) is 1. The van der Waals surface area contributed by atoms with E-state index >= 15 is 0 Å². The Balaban J connectivity index is 1.81. The molecule has 1 aliphatic heterocycles. The number of nitrogens with one attached hydrogen (secondary N) is 1. The van der Waals surface area contributed by atoms with Crippen molar-refractivity contribution >= 4 is 11.6 Å². The summed E-state index contributed by atoms with van der Waals surface area (Å²) in [6, 6.07) is 0.480. The average molecular weight is 262 g/mol. The molecule has 0 bridgehead atoms. The van der Waals surface area contributed by atoms with Gasteiger partial charge in [-0.1, -0.05) is 12.8 Å². The number of rotatable bonds is 3. The van der Waals surface area contributed by atoms with Gasteiger partial charge in [-0.25, -0.2) is 4.98 Å². The molecule has 2 atom stereocenters. The van der Waals surface area contributed by atoms with E-state index in [-0.39, 0.29) is 0 Å². The third-order valence-corrected chi connectivity index (χ3v) is 4.01. The van der Waals surface area contributed by atoms with Crippen LogP contribution in [-0.2, 0) is 4.74 Å². The van der Waals surface area contributed by atoms with Gasteiger partial charge in [0.2, 0.25) is 0 Å². The van der Waals surface area contributed by atoms with Crippen LogP contribution in [0.2, 0.25) is 0 Å². The minimum absolute atomic E-state index is 0.382. The van der Waals surface area contributed by atoms with Crippen molar-refractivity contribution in [3.8, 4) is 0 Å². The van der Waals surface area contributed by atoms with Gasteiger partial charge in [0.15, 0.2) is 0 Å². The minimum Gasteiger partial charge on any atom is -0.374 e. The van der Waals surface area contributed by atoms with Gasteiger partial charge in [-0.15, -0.1) is 0 Å². The second kappa shape index (κ2) is 5.74. The lowest BCUT2D eigenvalue weighted by Gasteiger charge is -2.44. The fraction of sp³-hybridized carbons (Fsp3) is 0.714. The zero-order valence-corrected chi connectivity index (χ0v) is 11.5. The molecule has 0 radical (unpaired) electrons. The standard InChI is InChI=1S/C14H22N4O/c1-2-16-13-9-15-10-14(17-13)18-7-8-19-12-6-4-3-5-11(12)18/h9-12H,2-8H2,1H3,(H,16,17). The van der Waals surface area contributed by atoms with Crippen LogP contribution in [0.25, 0.3) is 0 Å². The van der Waals surface area contributed by atoms with Crippen LogP contribution in [-0.4, -0.2) is 41.8 Å². The largest absolute Gasteiger partial charge is 0.374 e. The molecule has 2 fully saturated rings. The molecule has 3 rings (SSSR count). The second-order valence-corrected chi connectivity index (χ2v) is 5.25. The number of nitrogens with zero attached hydrogens (tertiary/aromatic N) is 3. The Hall–Kier alpha value is -1.36. The lowest BCUT2D eigenvalue weighted by Crippen LogP contribution is -2.53. The van der Waals surface area contributed by atoms with E-state index in [2.05, 4.69) is 27.1 Å². The number of fused-ring (bicyclic) bond motifs is 1. The van der Waals surface area contributed by atoms with Crippen molar-refractivity contribution in [3.05, 3.63) is 12.4 Å². The highest BCUT2D eigenvalue weighted by Crippen LogP contribution is 2.31. The molecule has 1 aromatic rings. The SMILES string of the molecule is CCNc1cncc(N2CCOC3CCCCC32)n1. The fourth-order valence-corrected chi connectivity index (χ4v) is 3.14. The number of hydrogen-bond acceptors (Lipinski definition) is 5. The summed E-state index contributed by atoms with van der Waals surface area (Å²) in [5.41, 5.74) is 0. The van der Waals surface area contributed by atoms with Crippen LogP contribution in [0.1, 0.15) is 32.6 Å². The Morgan fingerprint density at radius 3 is 3.16 bits per heavy atom. The zero-order chi connectivity index (χ0) is 13.1. The minimum atomic E-state index is 0.382. The predicted molar refractivity (Wildman–Crippen MR) is 75.5 cm³/mol. The van der Waals surface area contributed by atoms with Crippen molar-refractivity contribution in [2.24, 2.45) is 0 Å². The highest BCUT2D eigenvalue weighted by Gasteiger charge is 2.34. The van der Waals surface area contributed by atoms with Crippen LogP contribution in [0.15, 0.2) is 12.4 Å². The molecule has 0 aromatic carbocycles. The molecule has 5 nitrogen and oxygen atoms in total. The molecule has 1 saturated carbocycles. The third-order valence-electron chi connectivity index (χ3n) is 4.01. The van der Waals surface area contributed by atoms with Crippen molar-refractivity contribution < 1.29 is 4.74 Å². The number of ether oxygens (including phenoxy) is 1. The van der Waals surface area contributed by atoms with E-state index in [1.165, 1.54) is 25.7 Å². The first kappa shape index (κ1) is 12.7. The van der Waals surface area contributed by atoms with Crippen LogP contribution in [0.3, 0.4) is 0 Å². The van der Waals surface area contributed by atoms with E-state index in [0.29, 0.717) is 12.1 Å². The molecule has 5 heteroatoms. The van der Waals surface area contributed by atoms with E-state index < -0.39 is 0 Å². The molecule has 19 heavy (non-hydrogen) atoms. The molecule has 2 heterocycles. The first-order valence-electron chi connectivity index (χ1n) is 7.32. The van der Waals surface area contributed by atoms with Gasteiger partial charge in [0.05, 0.1) is 31.1 Å². The van der Waals surface area contributed by atoms with E-state index in [1.54, 1.807) is 6.20 Å². The molecule has 0 spiro atoms. The summed E-state index contributed by atoms with van der Waals surface area (Å²) in [5, 5.41) is 3.23. The van der Waals surface area contributed by atoms with Crippen LogP contribution in [0.4, 0.5) is 11.6 Å². The quantitative estimate of drug-likeness (QED) is 0.903. The molecule has 1 aliphatic carbocycles. The molecule has 2 unspecified atom stereocenters. The van der Waals surface area contributed by atoms with Gasteiger partial charge in [0.1, 0.15) is 11.6 Å². The summed E-state index contributed by atoms with van der Waals surface area (Å²) in [5.74, 6) is 1.84. The van der Waals surface area contributed by atoms with Crippen molar-refractivity contribution in [3.63, 3.8) is 0 Å². The topological polar surface area (TPSA) is 50.3 Å². The Morgan fingerprint density at radius 2 is 2.26 bits per heavy atom. The maximum Gasteiger partial charge on any atom is 0.149 e. The monoisotopic (exact) mass is 262 g/mol. The smallest absolute Gasteiger partial charge is 0.149 e. The van der Waals surface area contributed by atoms with Gasteiger partial charge in [-0.2, -0.15) is 0 Å². The highest BCUT2D eigenvalue weighted by molar-refractivity contribution is 5.45. The lowest BCUT2D eigenvalue weighted by molar-refractivity contribution is -0.00900. The number of aromatic nitrogens is 2. The molecular formula is C14H22N4O. The van der Waals surface area contributed by atoms with Crippen LogP contribution >= 0.6 is 0 Å². The Morgan fingerprint density at radius 1 is 1.37 bits per heavy atom. The van der Waals surface area contributed by atoms with Crippen molar-refractivity contribution in [1.29, 1.82) is 0 Å². The molecule has 1 aromatic heterocycles. The molecule has 1 N–H and O–H groups in total. The Labute approximate surface area is 114 Å². The van der Waals surface area contributed by atoms with Crippen LogP contribution in [0.5, 0.6) is 0 Å². The van der Waals surface area contributed by atoms with E-state index in [1.807, 2.05) is 6.20 Å². The molecule has 1 saturated heterocycles. The predicted octanol–water partition coefficient (Wildman–Crippen LogP) is 2.06. The second-order valence-electron chi connectivity index (χ2n) is 5.25. The lowest BCUT2D eigenvalue weighted by atomic mass is 9.90. The number of morpholine rings is 1. The summed E-state index contributed by atoms with van der Waals surface area (Å²) in [7, 11) is 0. The molecule has 104 valence electrons. The van der Waals surface area contributed by atoms with Crippen LogP contribution < -0.4 is 10.2 Å². The average Bonchev–Trinajstić information content (AvgIpc) is 2.47. The molecule has 0 amide bonds. The van der Waals surface area contributed by atoms with Crippen molar-refractivity contribution in [2.75, 3.05) is 29.9 Å². The summed E-state index contributed by atoms with van der Waals surface area (Å²) in [6.07, 6.45) is 9.01. The third kappa shape index (κ3) is 2.66. The first-order chi connectivity index (χ1) is 9.38. The van der Waals surface area contributed by atoms with Crippen LogP contribution in [0, 0.1) is 0 Å². The number of anilines is 2. The maximum absolute atomic E-state index is 5.91. The zero-order valence-electron chi connectivity index (χ0n) is 11.5. The highest BCUT2D eigenvalue weighted by atomic mass is 16.5. The summed E-state index contributed by atoms with van der Waals surface area (Å²) >= 11 is 0. The van der Waals surface area contributed by atoms with E-state index in [0.717, 1.165) is 31.3 Å². The van der Waals surface area contributed by atoms with Crippen molar-refractivity contribution in [1.82, 2.24) is 9.97 Å².